The smallest absolute Gasteiger partial charge is 0.321 e. The number of carbonyl (C=O) groups is 1. The zero-order chi connectivity index (χ0) is 24.9. The molecule has 0 aliphatic heterocycles. The molecule has 2 amide bonds. The van der Waals surface area contributed by atoms with Gasteiger partial charge in [0.15, 0.2) is 11.0 Å². The second-order valence-corrected chi connectivity index (χ2v) is 9.80. The predicted molar refractivity (Wildman–Crippen MR) is 140 cm³/mol. The zero-order valence-corrected chi connectivity index (χ0v) is 21.1. The summed E-state index contributed by atoms with van der Waals surface area (Å²) in [5.74, 6) is 1.78. The van der Waals surface area contributed by atoms with Crippen molar-refractivity contribution in [2.45, 2.75) is 26.2 Å². The summed E-state index contributed by atoms with van der Waals surface area (Å²) in [5.41, 5.74) is 2.49. The molecule has 0 spiro atoms. The Morgan fingerprint density at radius 1 is 1.11 bits per heavy atom. The number of halogens is 1. The van der Waals surface area contributed by atoms with Crippen LogP contribution in [0.15, 0.2) is 49.1 Å². The van der Waals surface area contributed by atoms with Crippen LogP contribution in [-0.2, 0) is 0 Å². The van der Waals surface area contributed by atoms with Crippen molar-refractivity contribution in [3.8, 4) is 39.1 Å². The average molecular weight is 522 g/mol. The van der Waals surface area contributed by atoms with Crippen LogP contribution in [0.1, 0.15) is 26.2 Å². The third kappa shape index (κ3) is 5.95. The topological polar surface area (TPSA) is 115 Å². The van der Waals surface area contributed by atoms with E-state index in [1.807, 2.05) is 31.2 Å². The summed E-state index contributed by atoms with van der Waals surface area (Å²) in [6.07, 6.45) is 9.73. The molecule has 184 valence electrons. The lowest BCUT2D eigenvalue weighted by atomic mass is 10.1. The monoisotopic (exact) mass is 521 g/mol. The molecule has 5 rings (SSSR count). The van der Waals surface area contributed by atoms with Gasteiger partial charge < -0.3 is 10.1 Å². The Morgan fingerprint density at radius 2 is 1.97 bits per heavy atom. The molecule has 0 unspecified atom stereocenters. The molecule has 1 aliphatic rings. The van der Waals surface area contributed by atoms with Gasteiger partial charge in [-0.15, -0.1) is 0 Å². The Morgan fingerprint density at radius 3 is 2.75 bits per heavy atom. The molecule has 3 aromatic heterocycles. The molecule has 2 N–H and O–H groups in total. The minimum atomic E-state index is -0.295. The van der Waals surface area contributed by atoms with Gasteiger partial charge in [-0.1, -0.05) is 29.9 Å². The minimum absolute atomic E-state index is 0.295. The molecule has 11 heteroatoms. The number of thiazole rings is 1. The normalized spacial score (nSPS) is 12.8. The van der Waals surface area contributed by atoms with E-state index in [1.165, 1.54) is 24.2 Å². The Kier molecular flexibility index (Phi) is 7.33. The van der Waals surface area contributed by atoms with Crippen LogP contribution >= 0.6 is 22.9 Å². The first-order chi connectivity index (χ1) is 17.6. The first kappa shape index (κ1) is 24.1. The molecular weight excluding hydrogens is 498 g/mol. The molecule has 0 bridgehead atoms. The van der Waals surface area contributed by atoms with Crippen molar-refractivity contribution in [1.82, 2.24) is 30.2 Å². The molecule has 1 fully saturated rings. The quantitative estimate of drug-likeness (QED) is 0.290. The van der Waals surface area contributed by atoms with Crippen LogP contribution in [0.5, 0.6) is 5.75 Å². The number of rotatable bonds is 9. The van der Waals surface area contributed by atoms with E-state index >= 15 is 0 Å². The highest BCUT2D eigenvalue weighted by Crippen LogP contribution is 2.36. The van der Waals surface area contributed by atoms with Gasteiger partial charge in [-0.05, 0) is 49.4 Å². The van der Waals surface area contributed by atoms with Crippen molar-refractivity contribution in [2.75, 3.05) is 18.5 Å². The summed E-state index contributed by atoms with van der Waals surface area (Å²) in [5, 5.41) is 6.54. The van der Waals surface area contributed by atoms with Crippen LogP contribution in [0.4, 0.5) is 9.93 Å². The van der Waals surface area contributed by atoms with Crippen molar-refractivity contribution >= 4 is 34.1 Å². The van der Waals surface area contributed by atoms with Crippen LogP contribution in [-0.4, -0.2) is 44.1 Å². The number of carbonyl (C=O) groups excluding carboxylic acids is 1. The molecular formula is C25H24ClN7O2S. The fraction of sp³-hybridized carbons (Fsp3) is 0.280. The van der Waals surface area contributed by atoms with E-state index in [9.17, 15) is 4.79 Å². The van der Waals surface area contributed by atoms with Crippen molar-refractivity contribution < 1.29 is 9.53 Å². The maximum absolute atomic E-state index is 12.0. The second kappa shape index (κ2) is 11.0. The van der Waals surface area contributed by atoms with Crippen molar-refractivity contribution in [3.63, 3.8) is 0 Å². The highest BCUT2D eigenvalue weighted by Gasteiger charge is 2.22. The van der Waals surface area contributed by atoms with E-state index in [1.54, 1.807) is 24.8 Å². The highest BCUT2D eigenvalue weighted by atomic mass is 35.5. The van der Waals surface area contributed by atoms with E-state index in [4.69, 9.17) is 26.3 Å². The van der Waals surface area contributed by atoms with Gasteiger partial charge >= 0.3 is 6.03 Å². The largest absolute Gasteiger partial charge is 0.493 e. The lowest BCUT2D eigenvalue weighted by molar-refractivity contribution is 0.252. The molecule has 0 saturated heterocycles. The maximum Gasteiger partial charge on any atom is 0.321 e. The van der Waals surface area contributed by atoms with Crippen molar-refractivity contribution in [1.29, 1.82) is 0 Å². The van der Waals surface area contributed by atoms with Gasteiger partial charge in [0, 0.05) is 30.7 Å². The number of hydrogen-bond acceptors (Lipinski definition) is 8. The maximum atomic E-state index is 12.0. The predicted octanol–water partition coefficient (Wildman–Crippen LogP) is 5.70. The second-order valence-electron chi connectivity index (χ2n) is 8.36. The van der Waals surface area contributed by atoms with Gasteiger partial charge in [0.2, 0.25) is 0 Å². The number of amides is 2. The lowest BCUT2D eigenvalue weighted by Gasteiger charge is -2.11. The summed E-state index contributed by atoms with van der Waals surface area (Å²) >= 11 is 7.91. The highest BCUT2D eigenvalue weighted by molar-refractivity contribution is 7.19. The molecule has 1 aliphatic carbocycles. The number of anilines is 1. The number of hydrogen-bond donors (Lipinski definition) is 2. The molecule has 0 radical (unpaired) electrons. The molecule has 1 saturated carbocycles. The van der Waals surface area contributed by atoms with Crippen molar-refractivity contribution in [3.05, 3.63) is 54.1 Å². The average Bonchev–Trinajstić information content (AvgIpc) is 3.63. The van der Waals surface area contributed by atoms with Crippen LogP contribution in [0.3, 0.4) is 0 Å². The van der Waals surface area contributed by atoms with E-state index in [0.29, 0.717) is 52.1 Å². The van der Waals surface area contributed by atoms with Gasteiger partial charge in [0.25, 0.3) is 0 Å². The van der Waals surface area contributed by atoms with Gasteiger partial charge in [-0.25, -0.2) is 24.7 Å². The summed E-state index contributed by atoms with van der Waals surface area (Å²) < 4.78 is 5.97. The Bertz CT molecular complexity index is 1360. The Hall–Kier alpha value is -3.63. The third-order valence-corrected chi connectivity index (χ3v) is 6.69. The summed E-state index contributed by atoms with van der Waals surface area (Å²) in [7, 11) is 0. The number of benzene rings is 1. The van der Waals surface area contributed by atoms with Gasteiger partial charge in [-0.2, -0.15) is 0 Å². The van der Waals surface area contributed by atoms with E-state index in [0.717, 1.165) is 22.6 Å². The summed E-state index contributed by atoms with van der Waals surface area (Å²) in [6, 6.07) is 7.13. The first-order valence-corrected chi connectivity index (χ1v) is 12.9. The number of nitrogens with zero attached hydrogens (tertiary/aromatic N) is 5. The third-order valence-electron chi connectivity index (χ3n) is 5.43. The fourth-order valence-electron chi connectivity index (χ4n) is 3.36. The standard InChI is InChI=1S/C25H24ClN7O2S/c1-2-7-29-24(34)33-25-30-13-22(36-25)20-11-19(31-23(32-20)21-12-27-8-9-28-21)17-10-16(5-6-18(17)26)35-14-15-3-4-15/h5-6,8-13,15H,2-4,7,14H2,1H3,(H2,29,30,33,34). The number of nitrogens with one attached hydrogen (secondary N) is 2. The number of ether oxygens (including phenoxy) is 1. The van der Waals surface area contributed by atoms with Crippen LogP contribution in [0.25, 0.3) is 33.3 Å². The zero-order valence-electron chi connectivity index (χ0n) is 19.6. The molecule has 0 atom stereocenters. The number of urea groups is 1. The number of aromatic nitrogens is 5. The van der Waals surface area contributed by atoms with Gasteiger partial charge in [0.05, 0.1) is 34.1 Å². The first-order valence-electron chi connectivity index (χ1n) is 11.7. The molecule has 9 nitrogen and oxygen atoms in total. The SMILES string of the molecule is CCCNC(=O)Nc1ncc(-c2cc(-c3cc(OCC4CC4)ccc3Cl)nc(-c3cnccn3)n2)s1. The van der Waals surface area contributed by atoms with E-state index < -0.39 is 0 Å². The molecule has 4 aromatic rings. The molecule has 1 aromatic carbocycles. The van der Waals surface area contributed by atoms with E-state index in [-0.39, 0.29) is 6.03 Å². The van der Waals surface area contributed by atoms with Gasteiger partial charge in [-0.3, -0.25) is 10.3 Å². The summed E-state index contributed by atoms with van der Waals surface area (Å²) in [6.45, 7) is 3.28. The fourth-order valence-corrected chi connectivity index (χ4v) is 4.35. The van der Waals surface area contributed by atoms with E-state index in [2.05, 4.69) is 25.6 Å². The van der Waals surface area contributed by atoms with Crippen LogP contribution < -0.4 is 15.4 Å². The van der Waals surface area contributed by atoms with Crippen LogP contribution in [0, 0.1) is 5.92 Å². The van der Waals surface area contributed by atoms with Crippen LogP contribution in [0.2, 0.25) is 5.02 Å². The Labute approximate surface area is 217 Å². The lowest BCUT2D eigenvalue weighted by Crippen LogP contribution is -2.29. The minimum Gasteiger partial charge on any atom is -0.493 e. The van der Waals surface area contributed by atoms with Gasteiger partial charge in [0.1, 0.15) is 11.4 Å². The summed E-state index contributed by atoms with van der Waals surface area (Å²) in [4.78, 5) is 35.1. The molecule has 3 heterocycles. The Balaban J connectivity index is 1.50. The van der Waals surface area contributed by atoms with Crippen molar-refractivity contribution in [2.24, 2.45) is 5.92 Å². The molecule has 36 heavy (non-hydrogen) atoms.